The summed E-state index contributed by atoms with van der Waals surface area (Å²) < 4.78 is 0. The van der Waals surface area contributed by atoms with Crippen LogP contribution in [0.25, 0.3) is 0 Å². The number of hydrogen-bond donors (Lipinski definition) is 2. The summed E-state index contributed by atoms with van der Waals surface area (Å²) in [5, 5.41) is 3.24. The molecule has 0 aromatic carbocycles. The Hall–Kier alpha value is -0.570. The fraction of sp³-hybridized carbons (Fsp3) is 0.900. The average molecular weight is 182 g/mol. The molecule has 0 bridgehead atoms. The van der Waals surface area contributed by atoms with E-state index in [9.17, 15) is 4.79 Å². The molecule has 0 spiro atoms. The van der Waals surface area contributed by atoms with Gasteiger partial charge in [-0.25, -0.2) is 0 Å². The molecule has 1 aliphatic carbocycles. The second-order valence-electron chi connectivity index (χ2n) is 4.40. The maximum Gasteiger partial charge on any atom is 0.234 e. The van der Waals surface area contributed by atoms with Crippen LogP contribution < -0.4 is 11.1 Å². The van der Waals surface area contributed by atoms with Crippen molar-refractivity contribution < 1.29 is 4.79 Å². The van der Waals surface area contributed by atoms with Gasteiger partial charge in [-0.3, -0.25) is 4.79 Å². The van der Waals surface area contributed by atoms with Crippen molar-refractivity contribution in [2.45, 2.75) is 38.1 Å². The Labute approximate surface area is 79.1 Å². The molecule has 2 fully saturated rings. The normalized spacial score (nSPS) is 39.5. The van der Waals surface area contributed by atoms with E-state index in [4.69, 9.17) is 5.73 Å². The summed E-state index contributed by atoms with van der Waals surface area (Å²) in [5.41, 5.74) is 5.29. The first-order valence-electron chi connectivity index (χ1n) is 5.30. The molecule has 2 aliphatic rings. The van der Waals surface area contributed by atoms with Crippen molar-refractivity contribution >= 4 is 5.91 Å². The van der Waals surface area contributed by atoms with Crippen LogP contribution in [0.3, 0.4) is 0 Å². The molecular weight excluding hydrogens is 164 g/mol. The van der Waals surface area contributed by atoms with Crippen LogP contribution in [0, 0.1) is 11.8 Å². The molecule has 0 radical (unpaired) electrons. The third kappa shape index (κ3) is 1.85. The fourth-order valence-electron chi connectivity index (χ4n) is 2.76. The number of nitrogens with two attached hydrogens (primary N) is 1. The molecular formula is C10H18N2O. The second-order valence-corrected chi connectivity index (χ2v) is 4.40. The lowest BCUT2D eigenvalue weighted by atomic mass is 9.73. The van der Waals surface area contributed by atoms with Gasteiger partial charge in [0.2, 0.25) is 5.91 Å². The minimum Gasteiger partial charge on any atom is -0.368 e. The zero-order chi connectivity index (χ0) is 9.26. The number of carbonyl (C=O) groups is 1. The number of nitrogens with one attached hydrogen (secondary N) is 1. The molecule has 2 rings (SSSR count). The highest BCUT2D eigenvalue weighted by Crippen LogP contribution is 2.35. The van der Waals surface area contributed by atoms with E-state index in [0.29, 0.717) is 0 Å². The number of rotatable bonds is 1. The molecule has 1 saturated carbocycles. The summed E-state index contributed by atoms with van der Waals surface area (Å²) in [4.78, 5) is 11.0. The van der Waals surface area contributed by atoms with E-state index < -0.39 is 0 Å². The van der Waals surface area contributed by atoms with Gasteiger partial charge in [0, 0.05) is 0 Å². The lowest BCUT2D eigenvalue weighted by molar-refractivity contribution is -0.121. The van der Waals surface area contributed by atoms with Crippen molar-refractivity contribution in [1.29, 1.82) is 0 Å². The molecule has 1 aliphatic heterocycles. The summed E-state index contributed by atoms with van der Waals surface area (Å²) in [6, 6.07) is -0.0562. The molecule has 1 heterocycles. The third-order valence-electron chi connectivity index (χ3n) is 3.57. The van der Waals surface area contributed by atoms with E-state index in [1.807, 2.05) is 0 Å². The highest BCUT2D eigenvalue weighted by Gasteiger charge is 2.33. The lowest BCUT2D eigenvalue weighted by Gasteiger charge is -2.38. The Morgan fingerprint density at radius 2 is 1.92 bits per heavy atom. The Balaban J connectivity index is 1.95. The lowest BCUT2D eigenvalue weighted by Crippen LogP contribution is -2.51. The maximum atomic E-state index is 11.0. The maximum absolute atomic E-state index is 11.0. The molecule has 1 amide bonds. The van der Waals surface area contributed by atoms with Crippen molar-refractivity contribution in [3.8, 4) is 0 Å². The predicted octanol–water partition coefficient (Wildman–Crippen LogP) is 0.640. The first-order chi connectivity index (χ1) is 6.27. The molecule has 3 nitrogen and oxygen atoms in total. The summed E-state index contributed by atoms with van der Waals surface area (Å²) in [5.74, 6) is 1.39. The van der Waals surface area contributed by atoms with Crippen LogP contribution in [-0.4, -0.2) is 18.5 Å². The van der Waals surface area contributed by atoms with Gasteiger partial charge in [-0.1, -0.05) is 19.3 Å². The molecule has 1 saturated heterocycles. The van der Waals surface area contributed by atoms with Crippen LogP contribution in [0.15, 0.2) is 0 Å². The number of primary amides is 1. The van der Waals surface area contributed by atoms with Crippen molar-refractivity contribution in [1.82, 2.24) is 5.32 Å². The van der Waals surface area contributed by atoms with Gasteiger partial charge in [-0.15, -0.1) is 0 Å². The average Bonchev–Trinajstić information content (AvgIpc) is 2.17. The van der Waals surface area contributed by atoms with Gasteiger partial charge >= 0.3 is 0 Å². The number of carbonyl (C=O) groups excluding carboxylic acids is 1. The Bertz CT molecular complexity index is 205. The first kappa shape index (κ1) is 9.00. The van der Waals surface area contributed by atoms with Crippen LogP contribution in [0.1, 0.15) is 32.1 Å². The molecule has 0 aromatic heterocycles. The highest BCUT2D eigenvalue weighted by molar-refractivity contribution is 5.79. The zero-order valence-electron chi connectivity index (χ0n) is 7.96. The van der Waals surface area contributed by atoms with E-state index in [1.165, 1.54) is 25.7 Å². The smallest absolute Gasteiger partial charge is 0.234 e. The van der Waals surface area contributed by atoms with E-state index in [-0.39, 0.29) is 11.9 Å². The number of amides is 1. The largest absolute Gasteiger partial charge is 0.368 e. The fourth-order valence-corrected chi connectivity index (χ4v) is 2.76. The standard InChI is InChI=1S/C10H18N2O/c11-10(13)9-5-7-3-1-2-4-8(7)6-12-9/h7-9,12H,1-6H2,(H2,11,13)/t7-,8?,9-/m0/s1. The van der Waals surface area contributed by atoms with Gasteiger partial charge in [0.1, 0.15) is 0 Å². The van der Waals surface area contributed by atoms with Crippen LogP contribution in [0.5, 0.6) is 0 Å². The topological polar surface area (TPSA) is 55.1 Å². The first-order valence-corrected chi connectivity index (χ1v) is 5.30. The van der Waals surface area contributed by atoms with Gasteiger partial charge in [0.15, 0.2) is 0 Å². The highest BCUT2D eigenvalue weighted by atomic mass is 16.1. The summed E-state index contributed by atoms with van der Waals surface area (Å²) in [6.45, 7) is 0.998. The van der Waals surface area contributed by atoms with Gasteiger partial charge < -0.3 is 11.1 Å². The third-order valence-corrected chi connectivity index (χ3v) is 3.57. The molecule has 0 aromatic rings. The SMILES string of the molecule is NC(=O)[C@@H]1C[C@@H]2CCCCC2CN1. The molecule has 3 N–H and O–H groups in total. The molecule has 3 atom stereocenters. The van der Waals surface area contributed by atoms with E-state index in [1.54, 1.807) is 0 Å². The summed E-state index contributed by atoms with van der Waals surface area (Å²) in [7, 11) is 0. The zero-order valence-corrected chi connectivity index (χ0v) is 7.96. The van der Waals surface area contributed by atoms with Crippen LogP contribution in [-0.2, 0) is 4.79 Å². The summed E-state index contributed by atoms with van der Waals surface area (Å²) in [6.07, 6.45) is 6.32. The van der Waals surface area contributed by atoms with Crippen molar-refractivity contribution in [3.63, 3.8) is 0 Å². The van der Waals surface area contributed by atoms with Gasteiger partial charge in [0.05, 0.1) is 6.04 Å². The van der Waals surface area contributed by atoms with Crippen LogP contribution >= 0.6 is 0 Å². The van der Waals surface area contributed by atoms with Gasteiger partial charge in [0.25, 0.3) is 0 Å². The monoisotopic (exact) mass is 182 g/mol. The molecule has 1 unspecified atom stereocenters. The number of piperidine rings is 1. The van der Waals surface area contributed by atoms with Crippen LogP contribution in [0.2, 0.25) is 0 Å². The van der Waals surface area contributed by atoms with E-state index in [0.717, 1.165) is 24.8 Å². The van der Waals surface area contributed by atoms with Crippen molar-refractivity contribution in [3.05, 3.63) is 0 Å². The quantitative estimate of drug-likeness (QED) is 0.625. The van der Waals surface area contributed by atoms with Crippen LogP contribution in [0.4, 0.5) is 0 Å². The molecule has 3 heteroatoms. The Kier molecular flexibility index (Phi) is 2.54. The van der Waals surface area contributed by atoms with Crippen molar-refractivity contribution in [2.75, 3.05) is 6.54 Å². The Morgan fingerprint density at radius 1 is 1.23 bits per heavy atom. The second kappa shape index (κ2) is 3.66. The molecule has 74 valence electrons. The molecule has 13 heavy (non-hydrogen) atoms. The van der Waals surface area contributed by atoms with E-state index in [2.05, 4.69) is 5.32 Å². The predicted molar refractivity (Wildman–Crippen MR) is 51.1 cm³/mol. The van der Waals surface area contributed by atoms with Gasteiger partial charge in [-0.2, -0.15) is 0 Å². The van der Waals surface area contributed by atoms with E-state index >= 15 is 0 Å². The number of hydrogen-bond acceptors (Lipinski definition) is 2. The van der Waals surface area contributed by atoms with Crippen molar-refractivity contribution in [2.24, 2.45) is 17.6 Å². The Morgan fingerprint density at radius 3 is 2.62 bits per heavy atom. The number of fused-ring (bicyclic) bond motifs is 1. The van der Waals surface area contributed by atoms with Gasteiger partial charge in [-0.05, 0) is 31.2 Å². The minimum absolute atomic E-state index is 0.0562. The minimum atomic E-state index is -0.177. The summed E-state index contributed by atoms with van der Waals surface area (Å²) >= 11 is 0.